The quantitative estimate of drug-likeness (QED) is 0.593. The maximum atomic E-state index is 12.2. The molecule has 1 amide bonds. The SMILES string of the molecule is CN1CCN(Cc2ccc3[nH]cc(CCNC=O)c3c2)S1(=O)=O. The summed E-state index contributed by atoms with van der Waals surface area (Å²) >= 11 is 0. The number of hydrogen-bond acceptors (Lipinski definition) is 3. The van der Waals surface area contributed by atoms with Crippen molar-refractivity contribution in [2.24, 2.45) is 0 Å². The van der Waals surface area contributed by atoms with Crippen LogP contribution in [0.15, 0.2) is 24.4 Å². The highest BCUT2D eigenvalue weighted by molar-refractivity contribution is 7.86. The molecule has 0 saturated carbocycles. The number of carbonyl (C=O) groups excluding carboxylic acids is 1. The van der Waals surface area contributed by atoms with E-state index in [0.29, 0.717) is 32.6 Å². The third-order valence-corrected chi connectivity index (χ3v) is 6.13. The van der Waals surface area contributed by atoms with Crippen LogP contribution in [-0.4, -0.2) is 55.1 Å². The maximum absolute atomic E-state index is 12.2. The van der Waals surface area contributed by atoms with Gasteiger partial charge in [-0.2, -0.15) is 17.0 Å². The van der Waals surface area contributed by atoms with Crippen LogP contribution in [0.1, 0.15) is 11.1 Å². The number of H-pyrrole nitrogens is 1. The molecular weight excluding hydrogens is 316 g/mol. The fourth-order valence-corrected chi connectivity index (χ4v) is 4.17. The number of carbonyl (C=O) groups is 1. The smallest absolute Gasteiger partial charge is 0.282 e. The lowest BCUT2D eigenvalue weighted by molar-refractivity contribution is -0.109. The van der Waals surface area contributed by atoms with E-state index in [1.54, 1.807) is 7.05 Å². The van der Waals surface area contributed by atoms with Gasteiger partial charge in [-0.05, 0) is 29.7 Å². The molecule has 8 heteroatoms. The second kappa shape index (κ2) is 6.31. The standard InChI is InChI=1S/C15H20N4O3S/c1-18-6-7-19(23(18,21)22)10-12-2-3-15-14(8-12)13(9-17-15)4-5-16-11-20/h2-3,8-9,11,17H,4-7,10H2,1H3,(H,16,20). The molecule has 0 spiro atoms. The van der Waals surface area contributed by atoms with Gasteiger partial charge in [-0.3, -0.25) is 4.79 Å². The zero-order chi connectivity index (χ0) is 16.4. The van der Waals surface area contributed by atoms with Crippen LogP contribution in [0.4, 0.5) is 0 Å². The van der Waals surface area contributed by atoms with E-state index in [0.717, 1.165) is 28.5 Å². The van der Waals surface area contributed by atoms with E-state index in [1.807, 2.05) is 24.4 Å². The minimum absolute atomic E-state index is 0.375. The Hall–Kier alpha value is -1.90. The van der Waals surface area contributed by atoms with Crippen LogP contribution in [0.2, 0.25) is 0 Å². The normalized spacial score (nSPS) is 18.5. The molecule has 1 fully saturated rings. The molecule has 0 bridgehead atoms. The van der Waals surface area contributed by atoms with E-state index >= 15 is 0 Å². The van der Waals surface area contributed by atoms with E-state index in [4.69, 9.17) is 0 Å². The number of rotatable bonds is 6. The lowest BCUT2D eigenvalue weighted by atomic mass is 10.1. The van der Waals surface area contributed by atoms with Crippen molar-refractivity contribution in [3.63, 3.8) is 0 Å². The summed E-state index contributed by atoms with van der Waals surface area (Å²) in [5.41, 5.74) is 3.08. The summed E-state index contributed by atoms with van der Waals surface area (Å²) in [4.78, 5) is 13.5. The van der Waals surface area contributed by atoms with E-state index in [2.05, 4.69) is 10.3 Å². The number of amides is 1. The highest BCUT2D eigenvalue weighted by Crippen LogP contribution is 2.23. The minimum Gasteiger partial charge on any atom is -0.361 e. The first-order valence-corrected chi connectivity index (χ1v) is 8.89. The van der Waals surface area contributed by atoms with E-state index in [9.17, 15) is 13.2 Å². The number of nitrogens with one attached hydrogen (secondary N) is 2. The number of fused-ring (bicyclic) bond motifs is 1. The topological polar surface area (TPSA) is 85.5 Å². The Labute approximate surface area is 135 Å². The Morgan fingerprint density at radius 1 is 1.35 bits per heavy atom. The summed E-state index contributed by atoms with van der Waals surface area (Å²) in [5, 5.41) is 3.72. The summed E-state index contributed by atoms with van der Waals surface area (Å²) in [6, 6.07) is 5.93. The second-order valence-electron chi connectivity index (χ2n) is 5.68. The molecule has 0 atom stereocenters. The fourth-order valence-electron chi connectivity index (χ4n) is 2.84. The Bertz CT molecular complexity index is 815. The van der Waals surface area contributed by atoms with Gasteiger partial charge < -0.3 is 10.3 Å². The van der Waals surface area contributed by atoms with Crippen LogP contribution in [0, 0.1) is 0 Å². The van der Waals surface area contributed by atoms with Crippen molar-refractivity contribution in [2.45, 2.75) is 13.0 Å². The summed E-state index contributed by atoms with van der Waals surface area (Å²) in [5.74, 6) is 0. The zero-order valence-corrected chi connectivity index (χ0v) is 13.8. The van der Waals surface area contributed by atoms with Gasteiger partial charge in [0.2, 0.25) is 6.41 Å². The molecule has 3 rings (SSSR count). The van der Waals surface area contributed by atoms with Gasteiger partial charge in [-0.15, -0.1) is 0 Å². The Balaban J connectivity index is 1.82. The van der Waals surface area contributed by atoms with Gasteiger partial charge in [0.1, 0.15) is 0 Å². The first kappa shape index (κ1) is 16.0. The molecule has 2 N–H and O–H groups in total. The monoisotopic (exact) mass is 336 g/mol. The van der Waals surface area contributed by atoms with Gasteiger partial charge in [-0.1, -0.05) is 6.07 Å². The molecule has 1 saturated heterocycles. The zero-order valence-electron chi connectivity index (χ0n) is 12.9. The van der Waals surface area contributed by atoms with Crippen molar-refractivity contribution in [3.05, 3.63) is 35.5 Å². The second-order valence-corrected chi connectivity index (χ2v) is 7.71. The first-order valence-electron chi connectivity index (χ1n) is 7.49. The van der Waals surface area contributed by atoms with Gasteiger partial charge in [0.05, 0.1) is 0 Å². The van der Waals surface area contributed by atoms with Crippen LogP contribution >= 0.6 is 0 Å². The molecule has 1 aliphatic heterocycles. The molecule has 1 aromatic heterocycles. The maximum Gasteiger partial charge on any atom is 0.282 e. The molecule has 0 aliphatic carbocycles. The Morgan fingerprint density at radius 3 is 2.87 bits per heavy atom. The number of nitrogens with zero attached hydrogens (tertiary/aromatic N) is 2. The first-order chi connectivity index (χ1) is 11.0. The van der Waals surface area contributed by atoms with Gasteiger partial charge in [-0.25, -0.2) is 0 Å². The van der Waals surface area contributed by atoms with Crippen LogP contribution in [0.5, 0.6) is 0 Å². The summed E-state index contributed by atoms with van der Waals surface area (Å²) in [6.45, 7) is 1.99. The summed E-state index contributed by atoms with van der Waals surface area (Å²) < 4.78 is 27.2. The third kappa shape index (κ3) is 3.10. The largest absolute Gasteiger partial charge is 0.361 e. The molecular formula is C15H20N4O3S. The van der Waals surface area contributed by atoms with Crippen molar-refractivity contribution < 1.29 is 13.2 Å². The molecule has 1 aliphatic rings. The Kier molecular flexibility index (Phi) is 4.38. The number of likely N-dealkylation sites (N-methyl/N-ethyl adjacent to an activating group) is 1. The van der Waals surface area contributed by atoms with Crippen molar-refractivity contribution in [1.82, 2.24) is 18.9 Å². The number of hydrogen-bond donors (Lipinski definition) is 2. The fraction of sp³-hybridized carbons (Fsp3) is 0.400. The van der Waals surface area contributed by atoms with Crippen molar-refractivity contribution in [2.75, 3.05) is 26.7 Å². The number of aromatic amines is 1. The van der Waals surface area contributed by atoms with Gasteiger partial charge >= 0.3 is 0 Å². The molecule has 0 unspecified atom stereocenters. The highest BCUT2D eigenvalue weighted by Gasteiger charge is 2.33. The Morgan fingerprint density at radius 2 is 2.17 bits per heavy atom. The van der Waals surface area contributed by atoms with Crippen molar-refractivity contribution in [3.8, 4) is 0 Å². The number of benzene rings is 1. The van der Waals surface area contributed by atoms with Crippen molar-refractivity contribution >= 4 is 27.5 Å². The van der Waals surface area contributed by atoms with Gasteiger partial charge in [0, 0.05) is 50.3 Å². The highest BCUT2D eigenvalue weighted by atomic mass is 32.2. The summed E-state index contributed by atoms with van der Waals surface area (Å²) in [7, 11) is -1.72. The molecule has 2 heterocycles. The van der Waals surface area contributed by atoms with Gasteiger partial charge in [0.25, 0.3) is 10.2 Å². The van der Waals surface area contributed by atoms with Crippen LogP contribution in [0.25, 0.3) is 10.9 Å². The predicted octanol–water partition coefficient (Wildman–Crippen LogP) is 0.449. The van der Waals surface area contributed by atoms with E-state index in [1.165, 1.54) is 8.61 Å². The van der Waals surface area contributed by atoms with Crippen LogP contribution in [-0.2, 0) is 28.0 Å². The van der Waals surface area contributed by atoms with Gasteiger partial charge in [0.15, 0.2) is 0 Å². The predicted molar refractivity (Wildman–Crippen MR) is 88.0 cm³/mol. The molecule has 23 heavy (non-hydrogen) atoms. The molecule has 2 aromatic rings. The number of aromatic nitrogens is 1. The van der Waals surface area contributed by atoms with E-state index in [-0.39, 0.29) is 0 Å². The summed E-state index contributed by atoms with van der Waals surface area (Å²) in [6.07, 6.45) is 3.35. The third-order valence-electron chi connectivity index (χ3n) is 4.20. The van der Waals surface area contributed by atoms with Crippen molar-refractivity contribution in [1.29, 1.82) is 0 Å². The lowest BCUT2D eigenvalue weighted by Crippen LogP contribution is -2.30. The molecule has 124 valence electrons. The average Bonchev–Trinajstić information content (AvgIpc) is 3.03. The molecule has 1 aromatic carbocycles. The van der Waals surface area contributed by atoms with Crippen LogP contribution < -0.4 is 5.32 Å². The molecule has 0 radical (unpaired) electrons. The van der Waals surface area contributed by atoms with E-state index < -0.39 is 10.2 Å². The van der Waals surface area contributed by atoms with Crippen LogP contribution in [0.3, 0.4) is 0 Å². The average molecular weight is 336 g/mol. The minimum atomic E-state index is -3.32. The molecule has 7 nitrogen and oxygen atoms in total. The lowest BCUT2D eigenvalue weighted by Gasteiger charge is -2.16.